The average molecular weight is 246 g/mol. The van der Waals surface area contributed by atoms with Crippen LogP contribution in [0.25, 0.3) is 0 Å². The van der Waals surface area contributed by atoms with Gasteiger partial charge in [-0.1, -0.05) is 0 Å². The van der Waals surface area contributed by atoms with Crippen molar-refractivity contribution in [2.45, 2.75) is 24.9 Å². The van der Waals surface area contributed by atoms with Gasteiger partial charge in [0.25, 0.3) is 0 Å². The number of primary amides is 2. The molecule has 8 N–H and O–H groups in total. The zero-order valence-electron chi connectivity index (χ0n) is 8.92. The van der Waals surface area contributed by atoms with Crippen molar-refractivity contribution in [1.29, 1.82) is 0 Å². The third kappa shape index (κ3) is 6.22. The molecule has 0 aromatic carbocycles. The van der Waals surface area contributed by atoms with Crippen LogP contribution in [0.2, 0.25) is 0 Å². The largest absolute Gasteiger partial charge is 0.391 e. The van der Waals surface area contributed by atoms with Crippen LogP contribution in [0, 0.1) is 0 Å². The Labute approximate surface area is 96.4 Å². The number of rotatable bonds is 6. The molecule has 96 valence electrons. The monoisotopic (exact) mass is 246 g/mol. The van der Waals surface area contributed by atoms with Crippen LogP contribution in [0.3, 0.4) is 0 Å². The molecule has 2 atom stereocenters. The number of hydrogen-bond acceptors (Lipinski definition) is 7. The third-order valence-electron chi connectivity index (χ3n) is 1.65. The van der Waals surface area contributed by atoms with Gasteiger partial charge in [0.2, 0.25) is 11.8 Å². The lowest BCUT2D eigenvalue weighted by atomic mass is 10.2. The maximum absolute atomic E-state index is 11.1. The zero-order valence-corrected chi connectivity index (χ0v) is 8.92. The van der Waals surface area contributed by atoms with E-state index in [0.29, 0.717) is 0 Å². The SMILES string of the molecule is NC(=O)CC(N)C(=O)OC(=O)C(N)CC(N)=O. The van der Waals surface area contributed by atoms with Gasteiger partial charge in [0.15, 0.2) is 0 Å². The highest BCUT2D eigenvalue weighted by Gasteiger charge is 2.25. The molecular formula is C8H14N4O5. The molecule has 2 amide bonds. The van der Waals surface area contributed by atoms with E-state index in [1.54, 1.807) is 0 Å². The van der Waals surface area contributed by atoms with Gasteiger partial charge in [-0.15, -0.1) is 0 Å². The van der Waals surface area contributed by atoms with Crippen LogP contribution >= 0.6 is 0 Å². The topological polar surface area (TPSA) is 182 Å². The molecule has 0 spiro atoms. The van der Waals surface area contributed by atoms with Crippen molar-refractivity contribution in [3.8, 4) is 0 Å². The quantitative estimate of drug-likeness (QED) is 0.276. The van der Waals surface area contributed by atoms with E-state index >= 15 is 0 Å². The van der Waals surface area contributed by atoms with Crippen molar-refractivity contribution in [3.05, 3.63) is 0 Å². The number of nitrogens with two attached hydrogens (primary N) is 4. The molecule has 0 aliphatic heterocycles. The molecule has 0 radical (unpaired) electrons. The normalized spacial score (nSPS) is 13.5. The summed E-state index contributed by atoms with van der Waals surface area (Å²) in [7, 11) is 0. The van der Waals surface area contributed by atoms with Crippen LogP contribution < -0.4 is 22.9 Å². The molecule has 0 aromatic heterocycles. The fourth-order valence-corrected chi connectivity index (χ4v) is 0.851. The van der Waals surface area contributed by atoms with Gasteiger partial charge < -0.3 is 27.7 Å². The van der Waals surface area contributed by atoms with Crippen molar-refractivity contribution in [1.82, 2.24) is 0 Å². The van der Waals surface area contributed by atoms with Crippen LogP contribution in [-0.4, -0.2) is 35.8 Å². The molecule has 9 heteroatoms. The van der Waals surface area contributed by atoms with Crippen LogP contribution in [-0.2, 0) is 23.9 Å². The Morgan fingerprint density at radius 1 is 0.824 bits per heavy atom. The lowest BCUT2D eigenvalue weighted by Gasteiger charge is -2.11. The Kier molecular flexibility index (Phi) is 5.78. The van der Waals surface area contributed by atoms with E-state index in [-0.39, 0.29) is 0 Å². The first-order valence-corrected chi connectivity index (χ1v) is 4.57. The van der Waals surface area contributed by atoms with Crippen LogP contribution in [0.15, 0.2) is 0 Å². The van der Waals surface area contributed by atoms with Crippen molar-refractivity contribution < 1.29 is 23.9 Å². The molecule has 0 aliphatic carbocycles. The van der Waals surface area contributed by atoms with Gasteiger partial charge in [0.05, 0.1) is 12.8 Å². The van der Waals surface area contributed by atoms with Gasteiger partial charge in [-0.3, -0.25) is 9.59 Å². The summed E-state index contributed by atoms with van der Waals surface area (Å²) in [5.41, 5.74) is 20.0. The summed E-state index contributed by atoms with van der Waals surface area (Å²) in [6.07, 6.45) is -0.922. The third-order valence-corrected chi connectivity index (χ3v) is 1.65. The molecule has 0 aromatic rings. The van der Waals surface area contributed by atoms with Gasteiger partial charge in [0, 0.05) is 0 Å². The maximum Gasteiger partial charge on any atom is 0.331 e. The standard InChI is InChI=1S/C8H14N4O5/c9-3(1-5(11)13)7(15)17-8(16)4(10)2-6(12)14/h3-4H,1-2,9-10H2,(H2,11,13)(H2,12,14). The van der Waals surface area contributed by atoms with Gasteiger partial charge in [-0.05, 0) is 0 Å². The van der Waals surface area contributed by atoms with E-state index in [9.17, 15) is 19.2 Å². The summed E-state index contributed by atoms with van der Waals surface area (Å²) < 4.78 is 4.23. The Hall–Kier alpha value is -2.00. The van der Waals surface area contributed by atoms with Gasteiger partial charge in [0.1, 0.15) is 12.1 Å². The molecule has 0 heterocycles. The average Bonchev–Trinajstić information content (AvgIpc) is 2.15. The van der Waals surface area contributed by atoms with Crippen molar-refractivity contribution >= 4 is 23.8 Å². The number of hydrogen-bond donors (Lipinski definition) is 4. The molecular weight excluding hydrogens is 232 g/mol. The summed E-state index contributed by atoms with van der Waals surface area (Å²) in [4.78, 5) is 43.1. The van der Waals surface area contributed by atoms with Crippen molar-refractivity contribution in [2.24, 2.45) is 22.9 Å². The highest BCUT2D eigenvalue weighted by atomic mass is 16.6. The predicted molar refractivity (Wildman–Crippen MR) is 54.7 cm³/mol. The molecule has 0 fully saturated rings. The first kappa shape index (κ1) is 15.0. The fraction of sp³-hybridized carbons (Fsp3) is 0.500. The molecule has 0 saturated heterocycles. The molecule has 0 saturated carbocycles. The molecule has 0 bridgehead atoms. The number of carbonyl (C=O) groups excluding carboxylic acids is 4. The minimum absolute atomic E-state index is 0.461. The number of esters is 2. The van der Waals surface area contributed by atoms with E-state index in [0.717, 1.165) is 0 Å². The maximum atomic E-state index is 11.1. The first-order valence-electron chi connectivity index (χ1n) is 4.57. The van der Waals surface area contributed by atoms with Gasteiger partial charge >= 0.3 is 11.9 Å². The second-order valence-electron chi connectivity index (χ2n) is 3.29. The zero-order chi connectivity index (χ0) is 13.6. The molecule has 0 aliphatic rings. The fourth-order valence-electron chi connectivity index (χ4n) is 0.851. The second kappa shape index (κ2) is 6.55. The smallest absolute Gasteiger partial charge is 0.331 e. The van der Waals surface area contributed by atoms with E-state index in [1.165, 1.54) is 0 Å². The Balaban J connectivity index is 4.24. The van der Waals surface area contributed by atoms with Gasteiger partial charge in [-0.2, -0.15) is 0 Å². The molecule has 0 rings (SSSR count). The Bertz CT molecular complexity index is 311. The molecule has 17 heavy (non-hydrogen) atoms. The predicted octanol–water partition coefficient (Wildman–Crippen LogP) is -3.54. The summed E-state index contributed by atoms with van der Waals surface area (Å²) in [6, 6.07) is -2.70. The lowest BCUT2D eigenvalue weighted by molar-refractivity contribution is -0.162. The highest BCUT2D eigenvalue weighted by Crippen LogP contribution is 1.96. The van der Waals surface area contributed by atoms with Gasteiger partial charge in [-0.25, -0.2) is 9.59 Å². The van der Waals surface area contributed by atoms with Crippen molar-refractivity contribution in [2.75, 3.05) is 0 Å². The van der Waals surface area contributed by atoms with Crippen molar-refractivity contribution in [3.63, 3.8) is 0 Å². The summed E-state index contributed by atoms with van der Waals surface area (Å²) >= 11 is 0. The number of ether oxygens (including phenoxy) is 1. The summed E-state index contributed by atoms with van der Waals surface area (Å²) in [5, 5.41) is 0. The van der Waals surface area contributed by atoms with E-state index in [4.69, 9.17) is 22.9 Å². The van der Waals surface area contributed by atoms with E-state index in [1.807, 2.05) is 0 Å². The summed E-state index contributed by atoms with van der Waals surface area (Å²) in [5.74, 6) is -3.92. The molecule has 2 unspecified atom stereocenters. The van der Waals surface area contributed by atoms with Crippen LogP contribution in [0.4, 0.5) is 0 Å². The van der Waals surface area contributed by atoms with E-state index < -0.39 is 48.7 Å². The number of amides is 2. The molecule has 9 nitrogen and oxygen atoms in total. The Morgan fingerprint density at radius 2 is 1.12 bits per heavy atom. The van der Waals surface area contributed by atoms with Crippen LogP contribution in [0.1, 0.15) is 12.8 Å². The number of carbonyl (C=O) groups is 4. The highest BCUT2D eigenvalue weighted by molar-refractivity contribution is 5.94. The van der Waals surface area contributed by atoms with Crippen LogP contribution in [0.5, 0.6) is 0 Å². The van der Waals surface area contributed by atoms with E-state index in [2.05, 4.69) is 4.74 Å². The lowest BCUT2D eigenvalue weighted by Crippen LogP contribution is -2.42. The second-order valence-corrected chi connectivity index (χ2v) is 3.29. The Morgan fingerprint density at radius 3 is 1.35 bits per heavy atom. The first-order chi connectivity index (χ1) is 7.73. The minimum Gasteiger partial charge on any atom is -0.391 e. The summed E-state index contributed by atoms with van der Waals surface area (Å²) in [6.45, 7) is 0. The minimum atomic E-state index is -1.35.